The first-order valence-electron chi connectivity index (χ1n) is 13.3. The van der Waals surface area contributed by atoms with Crippen LogP contribution in [0.2, 0.25) is 0 Å². The fourth-order valence-corrected chi connectivity index (χ4v) is 6.43. The number of H-pyrrole nitrogens is 2. The molecule has 3 nitrogen and oxygen atoms in total. The topological polar surface area (TPSA) is 44.7 Å². The minimum absolute atomic E-state index is 0.898. The van der Waals surface area contributed by atoms with E-state index >= 15 is 0 Å². The highest BCUT2D eigenvalue weighted by Crippen LogP contribution is 2.44. The van der Waals surface area contributed by atoms with Crippen LogP contribution in [0.4, 0.5) is 0 Å². The van der Waals surface area contributed by atoms with E-state index < -0.39 is 0 Å². The van der Waals surface area contributed by atoms with Gasteiger partial charge >= 0.3 is 0 Å². The SMILES string of the molecule is c1ccc2c(-c3ccc4c([nH]c5ccccc54)c3-c3cc4ccc5oc6ccccc6c5c4[nH]3)cccc2c1. The van der Waals surface area contributed by atoms with Crippen LogP contribution in [0, 0.1) is 0 Å². The van der Waals surface area contributed by atoms with E-state index in [2.05, 4.69) is 119 Å². The van der Waals surface area contributed by atoms with Crippen molar-refractivity contribution in [3.05, 3.63) is 121 Å². The largest absolute Gasteiger partial charge is 0.456 e. The highest BCUT2D eigenvalue weighted by molar-refractivity contribution is 6.20. The monoisotopic (exact) mass is 498 g/mol. The first-order valence-corrected chi connectivity index (χ1v) is 13.3. The Bertz CT molecular complexity index is 2390. The van der Waals surface area contributed by atoms with Gasteiger partial charge in [-0.05, 0) is 52.2 Å². The van der Waals surface area contributed by atoms with Crippen molar-refractivity contribution in [3.63, 3.8) is 0 Å². The van der Waals surface area contributed by atoms with Gasteiger partial charge in [-0.2, -0.15) is 0 Å². The van der Waals surface area contributed by atoms with Crippen molar-refractivity contribution in [2.75, 3.05) is 0 Å². The summed E-state index contributed by atoms with van der Waals surface area (Å²) in [5, 5.41) is 8.37. The molecule has 182 valence electrons. The minimum Gasteiger partial charge on any atom is -0.456 e. The molecule has 6 aromatic carbocycles. The molecule has 0 atom stereocenters. The summed E-state index contributed by atoms with van der Waals surface area (Å²) in [5.74, 6) is 0. The molecule has 39 heavy (non-hydrogen) atoms. The minimum atomic E-state index is 0.898. The lowest BCUT2D eigenvalue weighted by Gasteiger charge is -2.13. The fourth-order valence-electron chi connectivity index (χ4n) is 6.43. The van der Waals surface area contributed by atoms with Gasteiger partial charge in [0.25, 0.3) is 0 Å². The van der Waals surface area contributed by atoms with Gasteiger partial charge in [0, 0.05) is 38.3 Å². The van der Waals surface area contributed by atoms with Crippen LogP contribution < -0.4 is 0 Å². The van der Waals surface area contributed by atoms with E-state index in [1.807, 2.05) is 12.1 Å². The third-order valence-corrected chi connectivity index (χ3v) is 8.17. The Morgan fingerprint density at radius 1 is 0.462 bits per heavy atom. The normalized spacial score (nSPS) is 12.1. The number of nitrogens with one attached hydrogen (secondary N) is 2. The zero-order valence-electron chi connectivity index (χ0n) is 21.0. The second-order valence-electron chi connectivity index (χ2n) is 10.3. The summed E-state index contributed by atoms with van der Waals surface area (Å²) in [6, 6.07) is 43.1. The standard InChI is InChI=1S/C36H22N2O/c1-2-10-23-21(8-1)9-7-13-24(23)26-17-18-27-25-11-3-5-14-29(25)37-36(27)33(26)30-20-22-16-19-32-34(35(22)38-30)28-12-4-6-15-31(28)39-32/h1-20,37-38H. The second-order valence-corrected chi connectivity index (χ2v) is 10.3. The lowest BCUT2D eigenvalue weighted by molar-refractivity contribution is 0.669. The quantitative estimate of drug-likeness (QED) is 0.245. The van der Waals surface area contributed by atoms with E-state index in [4.69, 9.17) is 4.42 Å². The molecule has 3 heterocycles. The number of furan rings is 1. The van der Waals surface area contributed by atoms with Crippen molar-refractivity contribution in [3.8, 4) is 22.4 Å². The van der Waals surface area contributed by atoms with Crippen molar-refractivity contribution in [2.45, 2.75) is 0 Å². The fraction of sp³-hybridized carbons (Fsp3) is 0. The van der Waals surface area contributed by atoms with Crippen LogP contribution in [-0.2, 0) is 0 Å². The number of hydrogen-bond acceptors (Lipinski definition) is 1. The second kappa shape index (κ2) is 7.62. The molecule has 0 saturated carbocycles. The molecule has 9 aromatic rings. The van der Waals surface area contributed by atoms with Gasteiger partial charge in [0.1, 0.15) is 11.2 Å². The zero-order chi connectivity index (χ0) is 25.5. The number of aromatic amines is 2. The number of benzene rings is 6. The van der Waals surface area contributed by atoms with Gasteiger partial charge in [0.15, 0.2) is 0 Å². The van der Waals surface area contributed by atoms with Crippen LogP contribution >= 0.6 is 0 Å². The molecule has 0 spiro atoms. The summed E-state index contributed by atoms with van der Waals surface area (Å²) in [5.41, 5.74) is 9.88. The molecule has 3 heteroatoms. The van der Waals surface area contributed by atoms with Crippen LogP contribution in [0.5, 0.6) is 0 Å². The van der Waals surface area contributed by atoms with E-state index in [0.717, 1.165) is 44.2 Å². The summed E-state index contributed by atoms with van der Waals surface area (Å²) in [4.78, 5) is 7.62. The Morgan fingerprint density at radius 2 is 1.26 bits per heavy atom. The maximum Gasteiger partial charge on any atom is 0.137 e. The molecule has 0 aliphatic rings. The Kier molecular flexibility index (Phi) is 4.05. The zero-order valence-corrected chi connectivity index (χ0v) is 21.0. The van der Waals surface area contributed by atoms with E-state index in [0.29, 0.717) is 0 Å². The van der Waals surface area contributed by atoms with E-state index in [-0.39, 0.29) is 0 Å². The Balaban J connectivity index is 1.43. The van der Waals surface area contributed by atoms with E-state index in [1.165, 1.54) is 43.6 Å². The average Bonchev–Trinajstić information content (AvgIpc) is 3.69. The molecule has 2 N–H and O–H groups in total. The maximum absolute atomic E-state index is 6.20. The van der Waals surface area contributed by atoms with Gasteiger partial charge in [0.2, 0.25) is 0 Å². The lowest BCUT2D eigenvalue weighted by atomic mass is 9.91. The van der Waals surface area contributed by atoms with Crippen molar-refractivity contribution < 1.29 is 4.42 Å². The van der Waals surface area contributed by atoms with Gasteiger partial charge in [-0.25, -0.2) is 0 Å². The van der Waals surface area contributed by atoms with Gasteiger partial charge in [0.05, 0.1) is 16.4 Å². The van der Waals surface area contributed by atoms with Gasteiger partial charge < -0.3 is 14.4 Å². The van der Waals surface area contributed by atoms with Crippen molar-refractivity contribution >= 4 is 65.4 Å². The highest BCUT2D eigenvalue weighted by Gasteiger charge is 2.20. The van der Waals surface area contributed by atoms with Crippen LogP contribution in [0.1, 0.15) is 0 Å². The Hall–Kier alpha value is -5.28. The number of aromatic nitrogens is 2. The van der Waals surface area contributed by atoms with Crippen molar-refractivity contribution in [1.29, 1.82) is 0 Å². The molecule has 0 fully saturated rings. The first-order chi connectivity index (χ1) is 19.3. The van der Waals surface area contributed by atoms with E-state index in [9.17, 15) is 0 Å². The Morgan fingerprint density at radius 3 is 2.21 bits per heavy atom. The van der Waals surface area contributed by atoms with Crippen LogP contribution in [0.25, 0.3) is 87.8 Å². The molecule has 0 amide bonds. The predicted molar refractivity (Wildman–Crippen MR) is 163 cm³/mol. The summed E-state index contributed by atoms with van der Waals surface area (Å²) in [6.07, 6.45) is 0. The first kappa shape index (κ1) is 20.7. The number of rotatable bonds is 2. The molecule has 0 bridgehead atoms. The van der Waals surface area contributed by atoms with Gasteiger partial charge in [-0.1, -0.05) is 91.0 Å². The van der Waals surface area contributed by atoms with Gasteiger partial charge in [-0.15, -0.1) is 0 Å². The highest BCUT2D eigenvalue weighted by atomic mass is 16.3. The van der Waals surface area contributed by atoms with Crippen molar-refractivity contribution in [1.82, 2.24) is 9.97 Å². The molecule has 0 saturated heterocycles. The van der Waals surface area contributed by atoms with Crippen LogP contribution in [0.15, 0.2) is 126 Å². The van der Waals surface area contributed by atoms with Crippen LogP contribution in [0.3, 0.4) is 0 Å². The molecule has 0 unspecified atom stereocenters. The third-order valence-electron chi connectivity index (χ3n) is 8.17. The molecule has 9 rings (SSSR count). The smallest absolute Gasteiger partial charge is 0.137 e. The van der Waals surface area contributed by atoms with Crippen LogP contribution in [-0.4, -0.2) is 9.97 Å². The molecule has 0 aliphatic carbocycles. The number of fused-ring (bicyclic) bond motifs is 9. The Labute approximate surface area is 223 Å². The maximum atomic E-state index is 6.20. The number of hydrogen-bond donors (Lipinski definition) is 2. The number of para-hydroxylation sites is 2. The third kappa shape index (κ3) is 2.87. The van der Waals surface area contributed by atoms with Crippen molar-refractivity contribution in [2.24, 2.45) is 0 Å². The van der Waals surface area contributed by atoms with E-state index in [1.54, 1.807) is 0 Å². The molecule has 0 aliphatic heterocycles. The molecule has 3 aromatic heterocycles. The summed E-state index contributed by atoms with van der Waals surface area (Å²) in [7, 11) is 0. The summed E-state index contributed by atoms with van der Waals surface area (Å²) < 4.78 is 6.20. The molecular formula is C36H22N2O. The van der Waals surface area contributed by atoms with Gasteiger partial charge in [-0.3, -0.25) is 0 Å². The summed E-state index contributed by atoms with van der Waals surface area (Å²) in [6.45, 7) is 0. The summed E-state index contributed by atoms with van der Waals surface area (Å²) >= 11 is 0. The predicted octanol–water partition coefficient (Wildman–Crippen LogP) is 10.2. The lowest BCUT2D eigenvalue weighted by Crippen LogP contribution is -1.89. The molecule has 0 radical (unpaired) electrons. The molecular weight excluding hydrogens is 476 g/mol. The average molecular weight is 499 g/mol.